The van der Waals surface area contributed by atoms with Gasteiger partial charge in [-0.2, -0.15) is 4.31 Å². The molecule has 1 saturated carbocycles. The maximum atomic E-state index is 13.5. The molecular formula is C29H40F2N4O4S. The number of hydrogen-bond donors (Lipinski definition) is 2. The standard InChI is InChI=1S/C29H40F2N4O4S/c1-28(13-11-23(31)12-14-28)25-20-29(25,2)32-15-5-4-6-24(33-26(36)21-7-9-22(30)10-8-21)27(37)34-16-18-35(19-17-34)40(3,38)39/h7-13,24-25,32H,4-6,14-20H2,1-3H3,(H,33,36)/t24-,25-,28?,29?/m0/s1. The first kappa shape index (κ1) is 30.3. The highest BCUT2D eigenvalue weighted by Gasteiger charge is 2.57. The molecule has 1 aliphatic heterocycles. The Hall–Kier alpha value is -2.63. The van der Waals surface area contributed by atoms with Crippen molar-refractivity contribution in [2.45, 2.75) is 57.5 Å². The Morgan fingerprint density at radius 3 is 2.35 bits per heavy atom. The van der Waals surface area contributed by atoms with Crippen LogP contribution >= 0.6 is 0 Å². The predicted molar refractivity (Wildman–Crippen MR) is 150 cm³/mol. The number of hydrogen-bond acceptors (Lipinski definition) is 5. The van der Waals surface area contributed by atoms with Gasteiger partial charge in [0.05, 0.1) is 6.26 Å². The van der Waals surface area contributed by atoms with Gasteiger partial charge in [-0.15, -0.1) is 0 Å². The van der Waals surface area contributed by atoms with E-state index in [1.54, 1.807) is 17.1 Å². The van der Waals surface area contributed by atoms with Crippen molar-refractivity contribution in [2.75, 3.05) is 39.0 Å². The van der Waals surface area contributed by atoms with Crippen molar-refractivity contribution >= 4 is 21.8 Å². The molecule has 1 saturated heterocycles. The van der Waals surface area contributed by atoms with Gasteiger partial charge in [0.15, 0.2) is 0 Å². The fourth-order valence-electron chi connectivity index (χ4n) is 5.91. The second kappa shape index (κ2) is 12.1. The Kier molecular flexibility index (Phi) is 9.16. The molecule has 0 bridgehead atoms. The van der Waals surface area contributed by atoms with Crippen LogP contribution in [-0.2, 0) is 14.8 Å². The van der Waals surface area contributed by atoms with Crippen LogP contribution in [0.2, 0.25) is 0 Å². The zero-order chi connectivity index (χ0) is 29.1. The van der Waals surface area contributed by atoms with Crippen LogP contribution in [0.4, 0.5) is 8.78 Å². The van der Waals surface area contributed by atoms with Crippen molar-refractivity contribution in [3.05, 3.63) is 59.7 Å². The smallest absolute Gasteiger partial charge is 0.251 e. The Morgan fingerprint density at radius 1 is 1.07 bits per heavy atom. The Balaban J connectivity index is 1.30. The third-order valence-corrected chi connectivity index (χ3v) is 9.87. The van der Waals surface area contributed by atoms with E-state index in [1.165, 1.54) is 28.6 Å². The lowest BCUT2D eigenvalue weighted by Crippen LogP contribution is -2.55. The van der Waals surface area contributed by atoms with Crippen LogP contribution < -0.4 is 10.6 Å². The van der Waals surface area contributed by atoms with Crippen LogP contribution in [0, 0.1) is 17.2 Å². The lowest BCUT2D eigenvalue weighted by Gasteiger charge is -2.35. The molecule has 1 heterocycles. The number of carbonyl (C=O) groups excluding carboxylic acids is 2. The Morgan fingerprint density at radius 2 is 1.75 bits per heavy atom. The first-order valence-corrected chi connectivity index (χ1v) is 15.8. The number of piperazine rings is 1. The third kappa shape index (κ3) is 7.36. The zero-order valence-corrected chi connectivity index (χ0v) is 24.3. The number of halogens is 2. The number of nitrogens with zero attached hydrogens (tertiary/aromatic N) is 2. The summed E-state index contributed by atoms with van der Waals surface area (Å²) in [6.45, 7) is 6.03. The van der Waals surface area contributed by atoms with Gasteiger partial charge in [0, 0.05) is 37.3 Å². The molecule has 2 N–H and O–H groups in total. The van der Waals surface area contributed by atoms with Crippen molar-refractivity contribution in [1.82, 2.24) is 19.8 Å². The van der Waals surface area contributed by atoms with Crippen molar-refractivity contribution in [3.63, 3.8) is 0 Å². The van der Waals surface area contributed by atoms with E-state index in [9.17, 15) is 26.8 Å². The van der Waals surface area contributed by atoms with E-state index in [2.05, 4.69) is 24.5 Å². The molecule has 0 spiro atoms. The lowest BCUT2D eigenvalue weighted by atomic mass is 9.77. The van der Waals surface area contributed by atoms with Crippen LogP contribution in [0.5, 0.6) is 0 Å². The molecule has 11 heteroatoms. The van der Waals surface area contributed by atoms with Gasteiger partial charge in [0.2, 0.25) is 15.9 Å². The number of rotatable bonds is 11. The Labute approximate surface area is 235 Å². The highest BCUT2D eigenvalue weighted by atomic mass is 32.2. The molecule has 2 unspecified atom stereocenters. The van der Waals surface area contributed by atoms with E-state index in [0.717, 1.165) is 25.6 Å². The zero-order valence-electron chi connectivity index (χ0n) is 23.5. The fraction of sp³-hybridized carbons (Fsp3) is 0.586. The van der Waals surface area contributed by atoms with E-state index in [4.69, 9.17) is 0 Å². The largest absolute Gasteiger partial charge is 0.340 e. The van der Waals surface area contributed by atoms with Crippen LogP contribution in [0.1, 0.15) is 56.3 Å². The third-order valence-electron chi connectivity index (χ3n) is 8.57. The summed E-state index contributed by atoms with van der Waals surface area (Å²) in [6.07, 6.45) is 9.93. The minimum Gasteiger partial charge on any atom is -0.340 e. The molecule has 0 radical (unpaired) electrons. The van der Waals surface area contributed by atoms with E-state index in [0.29, 0.717) is 25.2 Å². The highest BCUT2D eigenvalue weighted by Crippen LogP contribution is 2.57. The first-order chi connectivity index (χ1) is 18.8. The quantitative estimate of drug-likeness (QED) is 0.393. The summed E-state index contributed by atoms with van der Waals surface area (Å²) in [7, 11) is -3.33. The molecule has 2 amide bonds. The molecule has 0 aromatic heterocycles. The molecule has 4 atom stereocenters. The van der Waals surface area contributed by atoms with Gasteiger partial charge in [0.25, 0.3) is 5.91 Å². The van der Waals surface area contributed by atoms with E-state index >= 15 is 0 Å². The van der Waals surface area contributed by atoms with Crippen molar-refractivity contribution in [2.24, 2.45) is 11.3 Å². The number of amides is 2. The molecule has 2 aliphatic carbocycles. The number of allylic oxidation sites excluding steroid dienone is 4. The number of sulfonamides is 1. The number of unbranched alkanes of at least 4 members (excludes halogenated alkanes) is 1. The van der Waals surface area contributed by atoms with Gasteiger partial charge >= 0.3 is 0 Å². The minimum atomic E-state index is -3.33. The summed E-state index contributed by atoms with van der Waals surface area (Å²) < 4.78 is 51.8. The number of benzene rings is 1. The SMILES string of the molecule is CC1([C@@H]2CC2(C)NCCCC[C@H](NC(=O)c2ccc(F)cc2)C(=O)N2CCN(S(C)(=O)=O)CC2)C=CC(F)=CC1. The van der Waals surface area contributed by atoms with Crippen molar-refractivity contribution < 1.29 is 26.8 Å². The van der Waals surface area contributed by atoms with E-state index in [1.807, 2.05) is 6.08 Å². The Bertz CT molecular complexity index is 1260. The summed E-state index contributed by atoms with van der Waals surface area (Å²) >= 11 is 0. The number of carbonyl (C=O) groups is 2. The molecule has 2 fully saturated rings. The van der Waals surface area contributed by atoms with Gasteiger partial charge < -0.3 is 15.5 Å². The average Bonchev–Trinajstić information content (AvgIpc) is 3.61. The average molecular weight is 579 g/mol. The van der Waals surface area contributed by atoms with E-state index in [-0.39, 0.29) is 54.4 Å². The topological polar surface area (TPSA) is 98.8 Å². The predicted octanol–water partition coefficient (Wildman–Crippen LogP) is 3.39. The van der Waals surface area contributed by atoms with Crippen molar-refractivity contribution in [1.29, 1.82) is 0 Å². The monoisotopic (exact) mass is 578 g/mol. The first-order valence-electron chi connectivity index (χ1n) is 13.9. The summed E-state index contributed by atoms with van der Waals surface area (Å²) in [5.41, 5.74) is 0.169. The van der Waals surface area contributed by atoms with Gasteiger partial charge in [-0.25, -0.2) is 17.2 Å². The minimum absolute atomic E-state index is 0.0218. The molecule has 1 aromatic rings. The van der Waals surface area contributed by atoms with Gasteiger partial charge in [-0.1, -0.05) is 13.0 Å². The fourth-order valence-corrected chi connectivity index (χ4v) is 6.74. The maximum Gasteiger partial charge on any atom is 0.251 e. The second-order valence-corrected chi connectivity index (χ2v) is 13.7. The molecule has 1 aromatic carbocycles. The molecule has 3 aliphatic rings. The highest BCUT2D eigenvalue weighted by molar-refractivity contribution is 7.88. The van der Waals surface area contributed by atoms with Crippen LogP contribution in [0.3, 0.4) is 0 Å². The summed E-state index contributed by atoms with van der Waals surface area (Å²) in [6, 6.07) is 4.37. The van der Waals surface area contributed by atoms with Gasteiger partial charge in [-0.05, 0) is 93.3 Å². The van der Waals surface area contributed by atoms with Gasteiger partial charge in [0.1, 0.15) is 17.7 Å². The van der Waals surface area contributed by atoms with Crippen LogP contribution in [0.15, 0.2) is 48.3 Å². The lowest BCUT2D eigenvalue weighted by molar-refractivity contribution is -0.134. The molecular weight excluding hydrogens is 538 g/mol. The van der Waals surface area contributed by atoms with Crippen LogP contribution in [-0.4, -0.2) is 80.0 Å². The summed E-state index contributed by atoms with van der Waals surface area (Å²) in [5.74, 6) is -0.928. The van der Waals surface area contributed by atoms with Crippen molar-refractivity contribution in [3.8, 4) is 0 Å². The molecule has 220 valence electrons. The summed E-state index contributed by atoms with van der Waals surface area (Å²) in [4.78, 5) is 27.9. The van der Waals surface area contributed by atoms with Crippen LogP contribution in [0.25, 0.3) is 0 Å². The summed E-state index contributed by atoms with van der Waals surface area (Å²) in [5, 5.41) is 6.47. The normalized spacial score (nSPS) is 27.7. The maximum absolute atomic E-state index is 13.5. The second-order valence-electron chi connectivity index (χ2n) is 11.7. The van der Waals surface area contributed by atoms with Gasteiger partial charge in [-0.3, -0.25) is 9.59 Å². The number of nitrogens with one attached hydrogen (secondary N) is 2. The van der Waals surface area contributed by atoms with E-state index < -0.39 is 27.8 Å². The molecule has 4 rings (SSSR count). The molecule has 8 nitrogen and oxygen atoms in total. The molecule has 40 heavy (non-hydrogen) atoms.